The zero-order chi connectivity index (χ0) is 14.6. The van der Waals surface area contributed by atoms with Crippen molar-refractivity contribution in [1.29, 1.82) is 0 Å². The summed E-state index contributed by atoms with van der Waals surface area (Å²) >= 11 is 0. The number of rotatable bonds is 4. The molecule has 0 bridgehead atoms. The van der Waals surface area contributed by atoms with Crippen LogP contribution in [0.25, 0.3) is 0 Å². The van der Waals surface area contributed by atoms with Crippen molar-refractivity contribution in [3.8, 4) is 0 Å². The van der Waals surface area contributed by atoms with Crippen molar-refractivity contribution < 1.29 is 14.7 Å². The number of nitrogens with zero attached hydrogens (tertiary/aromatic N) is 1. The first-order chi connectivity index (χ1) is 8.70. The van der Waals surface area contributed by atoms with Gasteiger partial charge in [-0.25, -0.2) is 9.78 Å². The molecule has 2 N–H and O–H groups in total. The predicted molar refractivity (Wildman–Crippen MR) is 73.1 cm³/mol. The number of pyridine rings is 1. The molecule has 0 radical (unpaired) electrons. The average Bonchev–Trinajstić information content (AvgIpc) is 2.27. The second-order valence-electron chi connectivity index (χ2n) is 5.75. The molecule has 5 nitrogen and oxygen atoms in total. The Balaban J connectivity index is 2.67. The van der Waals surface area contributed by atoms with Crippen molar-refractivity contribution >= 4 is 17.7 Å². The van der Waals surface area contributed by atoms with Crippen molar-refractivity contribution in [3.05, 3.63) is 23.9 Å². The number of aromatic nitrogens is 1. The first-order valence-electron chi connectivity index (χ1n) is 6.19. The van der Waals surface area contributed by atoms with Crippen molar-refractivity contribution in [1.82, 2.24) is 4.98 Å². The number of carboxylic acid groups (broad SMARTS) is 1. The lowest BCUT2D eigenvalue weighted by molar-refractivity contribution is -0.117. The Labute approximate surface area is 113 Å². The van der Waals surface area contributed by atoms with E-state index in [1.54, 1.807) is 0 Å². The highest BCUT2D eigenvalue weighted by molar-refractivity contribution is 5.92. The monoisotopic (exact) mass is 264 g/mol. The molecule has 0 saturated heterocycles. The summed E-state index contributed by atoms with van der Waals surface area (Å²) in [7, 11) is 0. The minimum Gasteiger partial charge on any atom is -0.478 e. The van der Waals surface area contributed by atoms with Crippen molar-refractivity contribution in [2.45, 2.75) is 34.1 Å². The van der Waals surface area contributed by atoms with E-state index in [1.807, 2.05) is 6.92 Å². The van der Waals surface area contributed by atoms with E-state index in [1.165, 1.54) is 18.3 Å². The topological polar surface area (TPSA) is 79.3 Å². The summed E-state index contributed by atoms with van der Waals surface area (Å²) in [5.41, 5.74) is 0.155. The van der Waals surface area contributed by atoms with E-state index >= 15 is 0 Å². The normalized spacial score (nSPS) is 12.8. The van der Waals surface area contributed by atoms with E-state index in [9.17, 15) is 9.59 Å². The molecule has 19 heavy (non-hydrogen) atoms. The Kier molecular flexibility index (Phi) is 4.64. The number of aromatic carboxylic acids is 1. The minimum absolute atomic E-state index is 0.0493. The Morgan fingerprint density at radius 1 is 1.42 bits per heavy atom. The van der Waals surface area contributed by atoms with E-state index in [0.29, 0.717) is 6.42 Å². The molecule has 0 spiro atoms. The molecule has 0 saturated carbocycles. The molecule has 1 aromatic heterocycles. The van der Waals surface area contributed by atoms with Gasteiger partial charge in [0.2, 0.25) is 5.91 Å². The predicted octanol–water partition coefficient (Wildman–Crippen LogP) is 2.79. The van der Waals surface area contributed by atoms with E-state index in [4.69, 9.17) is 5.11 Å². The first kappa shape index (κ1) is 15.1. The second-order valence-corrected chi connectivity index (χ2v) is 5.75. The maximum atomic E-state index is 11.9. The number of anilines is 1. The SMILES string of the molecule is CC(CC(=O)Nc1cc(C(=O)O)ccn1)C(C)(C)C. The molecule has 0 aliphatic heterocycles. The van der Waals surface area contributed by atoms with Gasteiger partial charge in [0, 0.05) is 12.6 Å². The quantitative estimate of drug-likeness (QED) is 0.876. The Morgan fingerprint density at radius 3 is 2.58 bits per heavy atom. The molecule has 1 rings (SSSR count). The molecule has 0 aliphatic rings. The highest BCUT2D eigenvalue weighted by Crippen LogP contribution is 2.28. The van der Waals surface area contributed by atoms with Gasteiger partial charge in [-0.3, -0.25) is 4.79 Å². The highest BCUT2D eigenvalue weighted by Gasteiger charge is 2.22. The molecule has 1 heterocycles. The number of hydrogen-bond donors (Lipinski definition) is 2. The summed E-state index contributed by atoms with van der Waals surface area (Å²) in [6.45, 7) is 8.25. The number of amides is 1. The van der Waals surface area contributed by atoms with Gasteiger partial charge >= 0.3 is 5.97 Å². The van der Waals surface area contributed by atoms with Crippen LogP contribution in [0.3, 0.4) is 0 Å². The largest absolute Gasteiger partial charge is 0.478 e. The highest BCUT2D eigenvalue weighted by atomic mass is 16.4. The third-order valence-corrected chi connectivity index (χ3v) is 3.24. The Hall–Kier alpha value is -1.91. The number of nitrogens with one attached hydrogen (secondary N) is 1. The summed E-state index contributed by atoms with van der Waals surface area (Å²) < 4.78 is 0. The summed E-state index contributed by atoms with van der Waals surface area (Å²) in [5, 5.41) is 11.5. The number of carboxylic acids is 1. The minimum atomic E-state index is -1.04. The van der Waals surface area contributed by atoms with Crippen LogP contribution in [0.1, 0.15) is 44.5 Å². The number of carbonyl (C=O) groups excluding carboxylic acids is 1. The number of carbonyl (C=O) groups is 2. The lowest BCUT2D eigenvalue weighted by atomic mass is 9.80. The first-order valence-corrected chi connectivity index (χ1v) is 6.19. The van der Waals surface area contributed by atoms with Crippen molar-refractivity contribution in [2.24, 2.45) is 11.3 Å². The molecule has 1 unspecified atom stereocenters. The van der Waals surface area contributed by atoms with Gasteiger partial charge in [0.15, 0.2) is 0 Å². The molecule has 1 amide bonds. The molecular formula is C14H20N2O3. The molecule has 5 heteroatoms. The second kappa shape index (κ2) is 5.82. The molecule has 0 aliphatic carbocycles. The van der Waals surface area contributed by atoms with E-state index in [-0.39, 0.29) is 28.6 Å². The fourth-order valence-corrected chi connectivity index (χ4v) is 1.41. The zero-order valence-electron chi connectivity index (χ0n) is 11.7. The standard InChI is InChI=1S/C14H20N2O3/c1-9(14(2,3)4)7-12(17)16-11-8-10(13(18)19)5-6-15-11/h5-6,8-9H,7H2,1-4H3,(H,18,19)(H,15,16,17). The third kappa shape index (κ3) is 4.69. The fraction of sp³-hybridized carbons (Fsp3) is 0.500. The van der Waals surface area contributed by atoms with Crippen LogP contribution < -0.4 is 5.32 Å². The van der Waals surface area contributed by atoms with Gasteiger partial charge in [-0.2, -0.15) is 0 Å². The lowest BCUT2D eigenvalue weighted by Crippen LogP contribution is -2.24. The van der Waals surface area contributed by atoms with E-state index in [2.05, 4.69) is 31.1 Å². The van der Waals surface area contributed by atoms with Gasteiger partial charge in [0.25, 0.3) is 0 Å². The van der Waals surface area contributed by atoms with Gasteiger partial charge in [-0.05, 0) is 23.5 Å². The van der Waals surface area contributed by atoms with Crippen LogP contribution in [0.5, 0.6) is 0 Å². The molecule has 104 valence electrons. The molecule has 0 aromatic carbocycles. The Bertz CT molecular complexity index is 478. The van der Waals surface area contributed by atoms with E-state index < -0.39 is 5.97 Å². The smallest absolute Gasteiger partial charge is 0.335 e. The van der Waals surface area contributed by atoms with Crippen LogP contribution in [0, 0.1) is 11.3 Å². The fourth-order valence-electron chi connectivity index (χ4n) is 1.41. The third-order valence-electron chi connectivity index (χ3n) is 3.24. The summed E-state index contributed by atoms with van der Waals surface area (Å²) in [6.07, 6.45) is 1.74. The summed E-state index contributed by atoms with van der Waals surface area (Å²) in [6, 6.07) is 2.73. The summed E-state index contributed by atoms with van der Waals surface area (Å²) in [5.74, 6) is -0.709. The van der Waals surface area contributed by atoms with Gasteiger partial charge in [-0.1, -0.05) is 27.7 Å². The van der Waals surface area contributed by atoms with Crippen LogP contribution >= 0.6 is 0 Å². The van der Waals surface area contributed by atoms with Crippen molar-refractivity contribution in [3.63, 3.8) is 0 Å². The Morgan fingerprint density at radius 2 is 2.05 bits per heavy atom. The van der Waals surface area contributed by atoms with Gasteiger partial charge in [-0.15, -0.1) is 0 Å². The maximum Gasteiger partial charge on any atom is 0.335 e. The summed E-state index contributed by atoms with van der Waals surface area (Å²) in [4.78, 5) is 26.6. The van der Waals surface area contributed by atoms with Crippen LogP contribution in [-0.4, -0.2) is 22.0 Å². The molecule has 0 fully saturated rings. The maximum absolute atomic E-state index is 11.9. The molecular weight excluding hydrogens is 244 g/mol. The number of hydrogen-bond acceptors (Lipinski definition) is 3. The van der Waals surface area contributed by atoms with Crippen LogP contribution in [0.2, 0.25) is 0 Å². The lowest BCUT2D eigenvalue weighted by Gasteiger charge is -2.26. The van der Waals surface area contributed by atoms with E-state index in [0.717, 1.165) is 0 Å². The molecule has 1 aromatic rings. The average molecular weight is 264 g/mol. The van der Waals surface area contributed by atoms with Crippen molar-refractivity contribution in [2.75, 3.05) is 5.32 Å². The van der Waals surface area contributed by atoms with Crippen LogP contribution in [-0.2, 0) is 4.79 Å². The van der Waals surface area contributed by atoms with Crippen LogP contribution in [0.15, 0.2) is 18.3 Å². The van der Waals surface area contributed by atoms with Gasteiger partial charge in [0.05, 0.1) is 5.56 Å². The van der Waals surface area contributed by atoms with Gasteiger partial charge in [0.1, 0.15) is 5.82 Å². The van der Waals surface area contributed by atoms with Gasteiger partial charge < -0.3 is 10.4 Å². The molecule has 1 atom stereocenters. The zero-order valence-corrected chi connectivity index (χ0v) is 11.7. The van der Waals surface area contributed by atoms with Crippen LogP contribution in [0.4, 0.5) is 5.82 Å².